The van der Waals surface area contributed by atoms with Gasteiger partial charge in [-0.3, -0.25) is 0 Å². The maximum atomic E-state index is 12.6. The molecule has 2 nitrogen and oxygen atoms in total. The first-order valence-corrected chi connectivity index (χ1v) is 3.71. The largest absolute Gasteiger partial charge is 0.234 e. The van der Waals surface area contributed by atoms with Gasteiger partial charge in [-0.1, -0.05) is 6.07 Å². The topological polar surface area (TPSA) is 29.4 Å². The summed E-state index contributed by atoms with van der Waals surface area (Å²) < 4.78 is 25.0. The molecule has 0 aliphatic carbocycles. The number of benzene rings is 1. The Hall–Kier alpha value is -1.54. The van der Waals surface area contributed by atoms with Crippen LogP contribution < -0.4 is 0 Å². The van der Waals surface area contributed by atoms with Crippen molar-refractivity contribution in [3.63, 3.8) is 0 Å². The predicted molar refractivity (Wildman–Crippen MR) is 43.1 cm³/mol. The lowest BCUT2D eigenvalue weighted by molar-refractivity contribution is 0.507. The van der Waals surface area contributed by atoms with E-state index in [9.17, 15) is 13.6 Å². The monoisotopic (exact) mass is 183 g/mol. The highest BCUT2D eigenvalue weighted by molar-refractivity contribution is 5.33. The first kappa shape index (κ1) is 9.55. The summed E-state index contributed by atoms with van der Waals surface area (Å²) in [6.45, 7) is 0.245. The molecule has 4 heteroatoms. The fraction of sp³-hybridized carbons (Fsp3) is 0.222. The first-order chi connectivity index (χ1) is 6.24. The van der Waals surface area contributed by atoms with Crippen molar-refractivity contribution in [1.29, 1.82) is 0 Å². The Morgan fingerprint density at radius 1 is 1.31 bits per heavy atom. The summed E-state index contributed by atoms with van der Waals surface area (Å²) in [4.78, 5) is 13.0. The lowest BCUT2D eigenvalue weighted by atomic mass is 10.1. The van der Waals surface area contributed by atoms with Crippen molar-refractivity contribution in [2.24, 2.45) is 4.99 Å². The van der Waals surface area contributed by atoms with E-state index < -0.39 is 11.6 Å². The van der Waals surface area contributed by atoms with Gasteiger partial charge in [-0.05, 0) is 24.1 Å². The average molecular weight is 183 g/mol. The second-order valence-electron chi connectivity index (χ2n) is 2.47. The van der Waals surface area contributed by atoms with Crippen molar-refractivity contribution in [2.75, 3.05) is 6.54 Å². The number of isocyanates is 1. The third-order valence-electron chi connectivity index (χ3n) is 1.56. The number of rotatable bonds is 3. The Labute approximate surface area is 73.9 Å². The minimum Gasteiger partial charge on any atom is -0.211 e. The van der Waals surface area contributed by atoms with Crippen LogP contribution in [0.2, 0.25) is 0 Å². The molecule has 13 heavy (non-hydrogen) atoms. The Balaban J connectivity index is 2.68. The van der Waals surface area contributed by atoms with Crippen LogP contribution in [0.3, 0.4) is 0 Å². The second kappa shape index (κ2) is 4.48. The summed E-state index contributed by atoms with van der Waals surface area (Å²) >= 11 is 0. The van der Waals surface area contributed by atoms with Crippen molar-refractivity contribution in [1.82, 2.24) is 0 Å². The third-order valence-corrected chi connectivity index (χ3v) is 1.56. The zero-order valence-corrected chi connectivity index (χ0v) is 6.76. The normalized spacial score (nSPS) is 9.38. The van der Waals surface area contributed by atoms with Gasteiger partial charge in [0.15, 0.2) is 11.6 Å². The Morgan fingerprint density at radius 2 is 2.08 bits per heavy atom. The molecule has 1 aromatic rings. The van der Waals surface area contributed by atoms with Crippen LogP contribution in [0.4, 0.5) is 8.78 Å². The number of carbonyl (C=O) groups excluding carboxylic acids is 1. The van der Waals surface area contributed by atoms with E-state index in [1.165, 1.54) is 12.1 Å². The highest BCUT2D eigenvalue weighted by Gasteiger charge is 2.01. The molecule has 0 saturated carbocycles. The minimum atomic E-state index is -0.882. The van der Waals surface area contributed by atoms with E-state index in [1.807, 2.05) is 0 Å². The molecule has 0 N–H and O–H groups in total. The molecule has 0 heterocycles. The van der Waals surface area contributed by atoms with E-state index in [0.717, 1.165) is 12.1 Å². The van der Waals surface area contributed by atoms with Crippen molar-refractivity contribution < 1.29 is 13.6 Å². The molecule has 68 valence electrons. The van der Waals surface area contributed by atoms with Crippen LogP contribution in [0.5, 0.6) is 0 Å². The molecule has 0 atom stereocenters. The van der Waals surface area contributed by atoms with Gasteiger partial charge in [-0.15, -0.1) is 0 Å². The zero-order valence-electron chi connectivity index (χ0n) is 6.76. The van der Waals surface area contributed by atoms with E-state index in [4.69, 9.17) is 0 Å². The molecule has 1 rings (SSSR count). The molecule has 0 fully saturated rings. The van der Waals surface area contributed by atoms with Gasteiger partial charge in [0.2, 0.25) is 6.08 Å². The van der Waals surface area contributed by atoms with Crippen molar-refractivity contribution in [3.05, 3.63) is 35.4 Å². The van der Waals surface area contributed by atoms with Crippen molar-refractivity contribution in [2.45, 2.75) is 6.42 Å². The number of aliphatic imine (C=N–C) groups is 1. The molecule has 0 saturated heterocycles. The molecular formula is C9H7F2NO. The summed E-state index contributed by atoms with van der Waals surface area (Å²) in [7, 11) is 0. The van der Waals surface area contributed by atoms with Gasteiger partial charge in [-0.25, -0.2) is 18.6 Å². The molecule has 1 aromatic carbocycles. The molecule has 0 bridgehead atoms. The standard InChI is InChI=1S/C9H7F2NO/c10-8-2-1-7(5-9(8)11)3-4-12-6-13/h1-2,5H,3-4H2. The van der Waals surface area contributed by atoms with E-state index in [1.54, 1.807) is 0 Å². The fourth-order valence-electron chi connectivity index (χ4n) is 0.926. The summed E-state index contributed by atoms with van der Waals surface area (Å²) in [6, 6.07) is 3.60. The highest BCUT2D eigenvalue weighted by atomic mass is 19.2. The van der Waals surface area contributed by atoms with Gasteiger partial charge in [0.1, 0.15) is 0 Å². The van der Waals surface area contributed by atoms with Crippen LogP contribution in [-0.4, -0.2) is 12.6 Å². The summed E-state index contributed by atoms with van der Waals surface area (Å²) in [5.74, 6) is -1.75. The molecule has 0 unspecified atom stereocenters. The van der Waals surface area contributed by atoms with Crippen LogP contribution >= 0.6 is 0 Å². The SMILES string of the molecule is O=C=NCCc1ccc(F)c(F)c1. The minimum absolute atomic E-state index is 0.245. The fourth-order valence-corrected chi connectivity index (χ4v) is 0.926. The first-order valence-electron chi connectivity index (χ1n) is 3.71. The molecule has 0 amide bonds. The maximum Gasteiger partial charge on any atom is 0.234 e. The van der Waals surface area contributed by atoms with Crippen LogP contribution in [0.1, 0.15) is 5.56 Å². The van der Waals surface area contributed by atoms with Crippen molar-refractivity contribution in [3.8, 4) is 0 Å². The number of nitrogens with zero attached hydrogens (tertiary/aromatic N) is 1. The third kappa shape index (κ3) is 2.76. The van der Waals surface area contributed by atoms with E-state index in [-0.39, 0.29) is 6.54 Å². The molecule has 0 spiro atoms. The van der Waals surface area contributed by atoms with Gasteiger partial charge in [0, 0.05) is 0 Å². The molecular weight excluding hydrogens is 176 g/mol. The Kier molecular flexibility index (Phi) is 3.29. The quantitative estimate of drug-likeness (QED) is 0.519. The van der Waals surface area contributed by atoms with Crippen LogP contribution in [-0.2, 0) is 11.2 Å². The maximum absolute atomic E-state index is 12.6. The van der Waals surface area contributed by atoms with Gasteiger partial charge < -0.3 is 0 Å². The molecule has 0 aliphatic heterocycles. The van der Waals surface area contributed by atoms with Crippen LogP contribution in [0.25, 0.3) is 0 Å². The second-order valence-corrected chi connectivity index (χ2v) is 2.47. The van der Waals surface area contributed by atoms with E-state index >= 15 is 0 Å². The summed E-state index contributed by atoms with van der Waals surface area (Å²) in [6.07, 6.45) is 1.78. The highest BCUT2D eigenvalue weighted by Crippen LogP contribution is 2.08. The predicted octanol–water partition coefficient (Wildman–Crippen LogP) is 1.84. The van der Waals surface area contributed by atoms with Gasteiger partial charge in [0.05, 0.1) is 6.54 Å². The Bertz CT molecular complexity index is 345. The van der Waals surface area contributed by atoms with E-state index in [2.05, 4.69) is 4.99 Å². The molecule has 0 aromatic heterocycles. The van der Waals surface area contributed by atoms with Gasteiger partial charge in [0.25, 0.3) is 0 Å². The summed E-state index contributed by atoms with van der Waals surface area (Å²) in [5.41, 5.74) is 0.609. The van der Waals surface area contributed by atoms with Crippen molar-refractivity contribution >= 4 is 6.08 Å². The molecule has 0 aliphatic rings. The number of halogens is 2. The van der Waals surface area contributed by atoms with Crippen LogP contribution in [0, 0.1) is 11.6 Å². The average Bonchev–Trinajstić information content (AvgIpc) is 2.12. The van der Waals surface area contributed by atoms with Crippen LogP contribution in [0.15, 0.2) is 23.2 Å². The van der Waals surface area contributed by atoms with Gasteiger partial charge >= 0.3 is 0 Å². The summed E-state index contributed by atoms with van der Waals surface area (Å²) in [5, 5.41) is 0. The van der Waals surface area contributed by atoms with Gasteiger partial charge in [-0.2, -0.15) is 0 Å². The number of hydrogen-bond acceptors (Lipinski definition) is 2. The molecule has 0 radical (unpaired) electrons. The smallest absolute Gasteiger partial charge is 0.211 e. The lowest BCUT2D eigenvalue weighted by Gasteiger charge is -1.97. The lowest BCUT2D eigenvalue weighted by Crippen LogP contribution is -1.92. The zero-order chi connectivity index (χ0) is 9.68. The Morgan fingerprint density at radius 3 is 2.69 bits per heavy atom. The number of hydrogen-bond donors (Lipinski definition) is 0. The van der Waals surface area contributed by atoms with E-state index in [0.29, 0.717) is 12.0 Å².